The molecule has 0 saturated heterocycles. The summed E-state index contributed by atoms with van der Waals surface area (Å²) >= 11 is 9.56. The maximum absolute atomic E-state index is 6.05. The quantitative estimate of drug-likeness (QED) is 0.756. The summed E-state index contributed by atoms with van der Waals surface area (Å²) < 4.78 is 0.939. The van der Waals surface area contributed by atoms with E-state index in [2.05, 4.69) is 30.9 Å². The summed E-state index contributed by atoms with van der Waals surface area (Å²) in [4.78, 5) is 14.3. The summed E-state index contributed by atoms with van der Waals surface area (Å²) in [6.07, 6.45) is 0. The number of benzene rings is 1. The minimum Gasteiger partial charge on any atom is -0.363 e. The highest BCUT2D eigenvalue weighted by atomic mass is 79.9. The maximum atomic E-state index is 6.05. The molecule has 0 amide bonds. The number of fused-ring (bicyclic) bond motifs is 1. The van der Waals surface area contributed by atoms with Crippen molar-refractivity contribution in [1.82, 2.24) is 15.0 Å². The molecule has 0 aliphatic carbocycles. The molecule has 1 N–H and O–H groups in total. The summed E-state index contributed by atoms with van der Waals surface area (Å²) in [6, 6.07) is 9.55. The van der Waals surface area contributed by atoms with Gasteiger partial charge in [-0.2, -0.15) is 0 Å². The number of H-pyrrole nitrogens is 1. The Labute approximate surface area is 129 Å². The number of halogens is 2. The average molecular weight is 352 g/mol. The van der Waals surface area contributed by atoms with E-state index in [1.165, 1.54) is 0 Å². The van der Waals surface area contributed by atoms with E-state index in [1.54, 1.807) is 0 Å². The average Bonchev–Trinajstić information content (AvgIpc) is 2.83. The van der Waals surface area contributed by atoms with Crippen LogP contribution >= 0.6 is 27.5 Å². The van der Waals surface area contributed by atoms with Crippen molar-refractivity contribution < 1.29 is 0 Å². The van der Waals surface area contributed by atoms with Crippen molar-refractivity contribution in [3.05, 3.63) is 39.8 Å². The van der Waals surface area contributed by atoms with E-state index < -0.39 is 0 Å². The second kappa shape index (κ2) is 5.07. The van der Waals surface area contributed by atoms with E-state index in [-0.39, 0.29) is 0 Å². The largest absolute Gasteiger partial charge is 0.363 e. The van der Waals surface area contributed by atoms with Crippen LogP contribution < -0.4 is 4.90 Å². The molecule has 1 aromatic carbocycles. The minimum atomic E-state index is 0.672. The summed E-state index contributed by atoms with van der Waals surface area (Å²) in [5.41, 5.74) is 2.51. The molecule has 20 heavy (non-hydrogen) atoms. The third-order valence-corrected chi connectivity index (χ3v) is 3.90. The highest BCUT2D eigenvalue weighted by Gasteiger charge is 2.11. The van der Waals surface area contributed by atoms with Crippen LogP contribution in [0, 0.1) is 0 Å². The van der Waals surface area contributed by atoms with E-state index in [0.717, 1.165) is 27.2 Å². The molecule has 3 aromatic rings. The smallest absolute Gasteiger partial charge is 0.180 e. The number of pyridine rings is 1. The second-order valence-electron chi connectivity index (χ2n) is 4.64. The van der Waals surface area contributed by atoms with Gasteiger partial charge in [0.1, 0.15) is 11.6 Å². The number of hydrogen-bond acceptors (Lipinski definition) is 3. The van der Waals surface area contributed by atoms with Crippen molar-refractivity contribution in [3.8, 4) is 11.4 Å². The van der Waals surface area contributed by atoms with Crippen LogP contribution in [0.25, 0.3) is 22.6 Å². The molecular weight excluding hydrogens is 340 g/mol. The van der Waals surface area contributed by atoms with E-state index in [0.29, 0.717) is 10.7 Å². The molecule has 2 aromatic heterocycles. The predicted octanol–water partition coefficient (Wildman–Crippen LogP) is 4.11. The first-order chi connectivity index (χ1) is 9.54. The topological polar surface area (TPSA) is 44.8 Å². The Hall–Kier alpha value is -1.59. The molecule has 0 fully saturated rings. The Morgan fingerprint density at radius 1 is 1.15 bits per heavy atom. The number of nitrogens with zero attached hydrogens (tertiary/aromatic N) is 3. The number of rotatable bonds is 2. The molecule has 0 atom stereocenters. The van der Waals surface area contributed by atoms with Gasteiger partial charge in [0.15, 0.2) is 5.65 Å². The van der Waals surface area contributed by atoms with Crippen LogP contribution in [-0.2, 0) is 0 Å². The van der Waals surface area contributed by atoms with Crippen LogP contribution in [0.5, 0.6) is 0 Å². The molecule has 0 spiro atoms. The molecule has 0 aliphatic heterocycles. The van der Waals surface area contributed by atoms with Gasteiger partial charge in [-0.15, -0.1) is 0 Å². The Morgan fingerprint density at radius 3 is 2.70 bits per heavy atom. The summed E-state index contributed by atoms with van der Waals surface area (Å²) in [6.45, 7) is 0. The van der Waals surface area contributed by atoms with E-state index in [1.807, 2.05) is 49.3 Å². The van der Waals surface area contributed by atoms with Crippen LogP contribution in [0.4, 0.5) is 5.82 Å². The number of aromatic amines is 1. The summed E-state index contributed by atoms with van der Waals surface area (Å²) in [5.74, 6) is 1.62. The normalized spacial score (nSPS) is 11.0. The lowest BCUT2D eigenvalue weighted by molar-refractivity contribution is 1.08. The first kappa shape index (κ1) is 13.4. The van der Waals surface area contributed by atoms with Crippen molar-refractivity contribution in [1.29, 1.82) is 0 Å². The van der Waals surface area contributed by atoms with E-state index in [4.69, 9.17) is 11.6 Å². The second-order valence-corrected chi connectivity index (χ2v) is 5.94. The zero-order valence-electron chi connectivity index (χ0n) is 11.0. The maximum Gasteiger partial charge on any atom is 0.180 e. The number of imidazole rings is 1. The fourth-order valence-corrected chi connectivity index (χ4v) is 2.54. The molecule has 0 bridgehead atoms. The lowest BCUT2D eigenvalue weighted by Gasteiger charge is -2.09. The standard InChI is InChI=1S/C14H12BrClN4/c1-20(2)12-6-5-11-14(18-12)19-13(17-11)9-7-8(16)3-4-10(9)15/h3-7H,1-2H3,(H,17,18,19). The molecule has 0 aliphatic rings. The Kier molecular flexibility index (Phi) is 3.40. The summed E-state index contributed by atoms with van der Waals surface area (Å²) in [7, 11) is 3.91. The first-order valence-electron chi connectivity index (χ1n) is 6.04. The fraction of sp³-hybridized carbons (Fsp3) is 0.143. The molecule has 6 heteroatoms. The first-order valence-corrected chi connectivity index (χ1v) is 7.21. The van der Waals surface area contributed by atoms with Gasteiger partial charge in [-0.05, 0) is 30.3 Å². The molecule has 3 rings (SSSR count). The third kappa shape index (κ3) is 2.39. The van der Waals surface area contributed by atoms with Crippen LogP contribution in [-0.4, -0.2) is 29.0 Å². The van der Waals surface area contributed by atoms with Crippen LogP contribution in [0.3, 0.4) is 0 Å². The van der Waals surface area contributed by atoms with Crippen molar-refractivity contribution in [2.75, 3.05) is 19.0 Å². The lowest BCUT2D eigenvalue weighted by atomic mass is 10.2. The minimum absolute atomic E-state index is 0.672. The van der Waals surface area contributed by atoms with Crippen LogP contribution in [0.15, 0.2) is 34.8 Å². The number of aromatic nitrogens is 3. The van der Waals surface area contributed by atoms with Gasteiger partial charge >= 0.3 is 0 Å². The van der Waals surface area contributed by atoms with Crippen molar-refractivity contribution in [2.45, 2.75) is 0 Å². The van der Waals surface area contributed by atoms with Crippen molar-refractivity contribution >= 4 is 44.5 Å². The van der Waals surface area contributed by atoms with Gasteiger partial charge in [-0.1, -0.05) is 27.5 Å². The lowest BCUT2D eigenvalue weighted by Crippen LogP contribution is -2.10. The molecule has 0 saturated carbocycles. The molecule has 0 radical (unpaired) electrons. The molecule has 4 nitrogen and oxygen atoms in total. The molecule has 102 valence electrons. The van der Waals surface area contributed by atoms with Gasteiger partial charge in [-0.25, -0.2) is 9.97 Å². The van der Waals surface area contributed by atoms with E-state index in [9.17, 15) is 0 Å². The van der Waals surface area contributed by atoms with Crippen LogP contribution in [0.2, 0.25) is 5.02 Å². The monoisotopic (exact) mass is 350 g/mol. The van der Waals surface area contributed by atoms with Gasteiger partial charge in [-0.3, -0.25) is 0 Å². The van der Waals surface area contributed by atoms with Gasteiger partial charge < -0.3 is 9.88 Å². The van der Waals surface area contributed by atoms with Gasteiger partial charge in [0.2, 0.25) is 0 Å². The zero-order chi connectivity index (χ0) is 14.3. The van der Waals surface area contributed by atoms with Gasteiger partial charge in [0.05, 0.1) is 5.52 Å². The highest BCUT2D eigenvalue weighted by Crippen LogP contribution is 2.30. The highest BCUT2D eigenvalue weighted by molar-refractivity contribution is 9.10. The predicted molar refractivity (Wildman–Crippen MR) is 86.4 cm³/mol. The molecular formula is C14H12BrClN4. The molecule has 2 heterocycles. The Morgan fingerprint density at radius 2 is 1.95 bits per heavy atom. The van der Waals surface area contributed by atoms with Crippen molar-refractivity contribution in [2.24, 2.45) is 0 Å². The number of nitrogens with one attached hydrogen (secondary N) is 1. The number of hydrogen-bond donors (Lipinski definition) is 1. The Bertz CT molecular complexity index is 782. The van der Waals surface area contributed by atoms with E-state index >= 15 is 0 Å². The van der Waals surface area contributed by atoms with Crippen LogP contribution in [0.1, 0.15) is 0 Å². The van der Waals surface area contributed by atoms with Gasteiger partial charge in [0, 0.05) is 29.2 Å². The van der Waals surface area contributed by atoms with Gasteiger partial charge in [0.25, 0.3) is 0 Å². The Balaban J connectivity index is 2.15. The zero-order valence-corrected chi connectivity index (χ0v) is 13.3. The van der Waals surface area contributed by atoms with Crippen molar-refractivity contribution in [3.63, 3.8) is 0 Å². The summed E-state index contributed by atoms with van der Waals surface area (Å²) in [5, 5.41) is 0.672. The fourth-order valence-electron chi connectivity index (χ4n) is 1.94. The SMILES string of the molecule is CN(C)c1ccc2[nH]c(-c3cc(Cl)ccc3Br)nc2n1. The third-order valence-electron chi connectivity index (χ3n) is 2.97. The number of anilines is 1. The molecule has 0 unspecified atom stereocenters.